The Morgan fingerprint density at radius 3 is 1.62 bits per heavy atom. The van der Waals surface area contributed by atoms with Crippen molar-refractivity contribution in [1.29, 1.82) is 0 Å². The van der Waals surface area contributed by atoms with Crippen molar-refractivity contribution < 1.29 is 0 Å². The lowest BCUT2D eigenvalue weighted by atomic mass is 10.0. The van der Waals surface area contributed by atoms with Crippen LogP contribution in [0.4, 0.5) is 0 Å². The molecule has 0 heteroatoms. The van der Waals surface area contributed by atoms with E-state index in [0.717, 1.165) is 5.92 Å². The molecule has 0 spiro atoms. The van der Waals surface area contributed by atoms with Gasteiger partial charge in [-0.25, -0.2) is 0 Å². The van der Waals surface area contributed by atoms with Crippen molar-refractivity contribution in [3.8, 4) is 0 Å². The predicted octanol–water partition coefficient (Wildman–Crippen LogP) is 1.91. The molecule has 0 bridgehead atoms. The molecule has 5 atom stereocenters. The van der Waals surface area contributed by atoms with Gasteiger partial charge in [-0.2, -0.15) is 0 Å². The molecule has 3 saturated carbocycles. The smallest absolute Gasteiger partial charge is 0.0349 e. The maximum Gasteiger partial charge on any atom is -0.0349 e. The summed E-state index contributed by atoms with van der Waals surface area (Å²) >= 11 is 0. The van der Waals surface area contributed by atoms with Gasteiger partial charge >= 0.3 is 0 Å². The van der Waals surface area contributed by atoms with E-state index < -0.39 is 0 Å². The first-order chi connectivity index (χ1) is 3.88. The fraction of sp³-hybridized carbons (Fsp3) is 1.00. The first-order valence-electron chi connectivity index (χ1n) is 3.88. The van der Waals surface area contributed by atoms with Crippen LogP contribution in [0, 0.1) is 29.6 Å². The van der Waals surface area contributed by atoms with Crippen molar-refractivity contribution in [3.63, 3.8) is 0 Å². The molecule has 0 aromatic carbocycles. The molecule has 8 heavy (non-hydrogen) atoms. The van der Waals surface area contributed by atoms with Crippen LogP contribution in [0.1, 0.15) is 19.8 Å². The van der Waals surface area contributed by atoms with E-state index >= 15 is 0 Å². The minimum atomic E-state index is 1.13. The van der Waals surface area contributed by atoms with Crippen molar-refractivity contribution in [1.82, 2.24) is 0 Å². The van der Waals surface area contributed by atoms with Crippen LogP contribution in [0.25, 0.3) is 0 Å². The maximum atomic E-state index is 2.46. The van der Waals surface area contributed by atoms with Crippen molar-refractivity contribution in [3.05, 3.63) is 0 Å². The zero-order chi connectivity index (χ0) is 5.30. The van der Waals surface area contributed by atoms with E-state index in [-0.39, 0.29) is 0 Å². The van der Waals surface area contributed by atoms with Gasteiger partial charge in [-0.3, -0.25) is 0 Å². The number of fused-ring (bicyclic) bond motifs is 3. The molecule has 0 aromatic rings. The van der Waals surface area contributed by atoms with Gasteiger partial charge < -0.3 is 0 Å². The molecule has 3 fully saturated rings. The fourth-order valence-corrected chi connectivity index (χ4v) is 2.98. The quantitative estimate of drug-likeness (QED) is 0.444. The lowest BCUT2D eigenvalue weighted by Gasteiger charge is -2.01. The van der Waals surface area contributed by atoms with Crippen LogP contribution in [0.3, 0.4) is 0 Å². The maximum absolute atomic E-state index is 2.46. The lowest BCUT2D eigenvalue weighted by Crippen LogP contribution is -1.95. The van der Waals surface area contributed by atoms with Crippen molar-refractivity contribution in [2.75, 3.05) is 0 Å². The highest BCUT2D eigenvalue weighted by Crippen LogP contribution is 2.72. The summed E-state index contributed by atoms with van der Waals surface area (Å²) in [6, 6.07) is 0. The topological polar surface area (TPSA) is 0 Å². The third-order valence-electron chi connectivity index (χ3n) is 3.68. The van der Waals surface area contributed by atoms with Crippen LogP contribution in [0.5, 0.6) is 0 Å². The van der Waals surface area contributed by atoms with Crippen LogP contribution in [-0.4, -0.2) is 0 Å². The third-order valence-corrected chi connectivity index (χ3v) is 3.68. The van der Waals surface area contributed by atoms with Gasteiger partial charge in [0.2, 0.25) is 0 Å². The minimum absolute atomic E-state index is 1.13. The van der Waals surface area contributed by atoms with Crippen LogP contribution in [-0.2, 0) is 0 Å². The van der Waals surface area contributed by atoms with E-state index in [4.69, 9.17) is 0 Å². The molecule has 3 aliphatic carbocycles. The molecule has 0 saturated heterocycles. The Balaban J connectivity index is 1.99. The van der Waals surface area contributed by atoms with E-state index in [1.807, 2.05) is 0 Å². The van der Waals surface area contributed by atoms with Gasteiger partial charge in [0, 0.05) is 0 Å². The Kier molecular flexibility index (Phi) is 0.427. The molecule has 0 aromatic heterocycles. The van der Waals surface area contributed by atoms with Crippen LogP contribution >= 0.6 is 0 Å². The largest absolute Gasteiger partial charge is 0.0620 e. The monoisotopic (exact) mass is 108 g/mol. The minimum Gasteiger partial charge on any atom is -0.0620 e. The van der Waals surface area contributed by atoms with Crippen molar-refractivity contribution >= 4 is 0 Å². The second-order valence-corrected chi connectivity index (χ2v) is 3.99. The summed E-state index contributed by atoms with van der Waals surface area (Å²) in [6.45, 7) is 2.46. The number of hydrogen-bond donors (Lipinski definition) is 0. The Hall–Kier alpha value is 0. The Bertz CT molecular complexity index is 113. The molecule has 3 aliphatic rings. The number of rotatable bonds is 0. The van der Waals surface area contributed by atoms with E-state index in [9.17, 15) is 0 Å². The Morgan fingerprint density at radius 2 is 1.38 bits per heavy atom. The summed E-state index contributed by atoms with van der Waals surface area (Å²) < 4.78 is 0. The highest BCUT2D eigenvalue weighted by atomic mass is 14.7. The third kappa shape index (κ3) is 0.260. The van der Waals surface area contributed by atoms with Gasteiger partial charge in [0.05, 0.1) is 0 Å². The van der Waals surface area contributed by atoms with Crippen molar-refractivity contribution in [2.45, 2.75) is 19.8 Å². The molecule has 3 rings (SSSR count). The van der Waals surface area contributed by atoms with Crippen molar-refractivity contribution in [2.24, 2.45) is 29.6 Å². The zero-order valence-electron chi connectivity index (χ0n) is 5.30. The van der Waals surface area contributed by atoms with Crippen LogP contribution < -0.4 is 0 Å². The van der Waals surface area contributed by atoms with Gasteiger partial charge in [-0.05, 0) is 42.4 Å². The zero-order valence-corrected chi connectivity index (χ0v) is 5.30. The molecular weight excluding hydrogens is 96.1 g/mol. The summed E-state index contributed by atoms with van der Waals surface area (Å²) in [5, 5.41) is 0. The van der Waals surface area contributed by atoms with E-state index in [0.29, 0.717) is 0 Å². The molecule has 44 valence electrons. The average molecular weight is 108 g/mol. The average Bonchev–Trinajstić information content (AvgIpc) is 2.58. The highest BCUT2D eigenvalue weighted by molar-refractivity contribution is 5.13. The van der Waals surface area contributed by atoms with E-state index in [2.05, 4.69) is 6.92 Å². The predicted molar refractivity (Wildman–Crippen MR) is 32.4 cm³/mol. The summed E-state index contributed by atoms with van der Waals surface area (Å²) in [5.74, 6) is 6.01. The second kappa shape index (κ2) is 0.872. The van der Waals surface area contributed by atoms with Gasteiger partial charge in [-0.15, -0.1) is 0 Å². The summed E-state index contributed by atoms with van der Waals surface area (Å²) in [7, 11) is 0. The lowest BCUT2D eigenvalue weighted by molar-refractivity contribution is 0.474. The normalized spacial score (nSPS) is 73.9. The van der Waals surface area contributed by atoms with Crippen LogP contribution in [0.15, 0.2) is 0 Å². The van der Waals surface area contributed by atoms with Crippen LogP contribution in [0.2, 0.25) is 0 Å². The summed E-state index contributed by atoms with van der Waals surface area (Å²) in [6.07, 6.45) is 3.20. The summed E-state index contributed by atoms with van der Waals surface area (Å²) in [5.41, 5.74) is 0. The van der Waals surface area contributed by atoms with Gasteiger partial charge in [0.1, 0.15) is 0 Å². The van der Waals surface area contributed by atoms with Gasteiger partial charge in [0.25, 0.3) is 0 Å². The SMILES string of the molecule is CC1C2C[C@H]2[C@@H]2C[C@H]12. The highest BCUT2D eigenvalue weighted by Gasteiger charge is 2.65. The van der Waals surface area contributed by atoms with E-state index in [1.54, 1.807) is 12.8 Å². The number of hydrogen-bond acceptors (Lipinski definition) is 0. The fourth-order valence-electron chi connectivity index (χ4n) is 2.98. The first-order valence-corrected chi connectivity index (χ1v) is 3.88. The molecule has 0 nitrogen and oxygen atoms in total. The molecule has 0 amide bonds. The van der Waals surface area contributed by atoms with Gasteiger partial charge in [0.15, 0.2) is 0 Å². The first kappa shape index (κ1) is 3.92. The molecule has 2 unspecified atom stereocenters. The summed E-state index contributed by atoms with van der Waals surface area (Å²) in [4.78, 5) is 0. The molecule has 0 radical (unpaired) electrons. The molecular formula is C8H12. The molecule has 0 heterocycles. The Morgan fingerprint density at radius 1 is 0.875 bits per heavy atom. The standard InChI is InChI=1S/C8H12/c1-4-5-2-7(5)8-3-6(4)8/h4-8H,2-3H2,1H3/t4?,5-,6?,7-,8-/m1/s1. The second-order valence-electron chi connectivity index (χ2n) is 3.99. The van der Waals surface area contributed by atoms with E-state index in [1.165, 1.54) is 23.7 Å². The molecule has 0 N–H and O–H groups in total. The molecule has 0 aliphatic heterocycles. The van der Waals surface area contributed by atoms with Gasteiger partial charge in [-0.1, -0.05) is 6.92 Å². The Labute approximate surface area is 50.3 Å².